The summed E-state index contributed by atoms with van der Waals surface area (Å²) < 4.78 is 1.81. The number of hydrogen-bond acceptors (Lipinski definition) is 3. The summed E-state index contributed by atoms with van der Waals surface area (Å²) in [7, 11) is 0. The van der Waals surface area contributed by atoms with Crippen LogP contribution in [-0.4, -0.2) is 27.7 Å². The van der Waals surface area contributed by atoms with Gasteiger partial charge in [-0.1, -0.05) is 32.0 Å². The van der Waals surface area contributed by atoms with Crippen molar-refractivity contribution in [3.05, 3.63) is 65.1 Å². The van der Waals surface area contributed by atoms with Gasteiger partial charge in [-0.15, -0.1) is 0 Å². The SMILES string of the molecule is Cc1nc2c(C)cccn2c1C(=O)NCCCC(=O)Nc1ccc(C(C)C)cc1. The minimum absolute atomic E-state index is 0.0573. The van der Waals surface area contributed by atoms with Gasteiger partial charge in [0, 0.05) is 24.8 Å². The van der Waals surface area contributed by atoms with Crippen molar-refractivity contribution in [2.24, 2.45) is 0 Å². The molecule has 3 rings (SSSR count). The van der Waals surface area contributed by atoms with Crippen molar-refractivity contribution in [3.8, 4) is 0 Å². The summed E-state index contributed by atoms with van der Waals surface area (Å²) >= 11 is 0. The Hall–Kier alpha value is -3.15. The molecule has 2 heterocycles. The standard InChI is InChI=1S/C23H28N4O2/c1-15(2)18-9-11-19(12-10-18)26-20(28)8-5-13-24-23(29)21-17(4)25-22-16(3)7-6-14-27(21)22/h6-7,9-12,14-15H,5,8,13H2,1-4H3,(H,24,29)(H,26,28). The monoisotopic (exact) mass is 392 g/mol. The molecule has 152 valence electrons. The quantitative estimate of drug-likeness (QED) is 0.591. The van der Waals surface area contributed by atoms with Crippen molar-refractivity contribution in [2.75, 3.05) is 11.9 Å². The lowest BCUT2D eigenvalue weighted by atomic mass is 10.0. The number of anilines is 1. The number of amides is 2. The van der Waals surface area contributed by atoms with E-state index >= 15 is 0 Å². The van der Waals surface area contributed by atoms with Crippen LogP contribution in [0.15, 0.2) is 42.6 Å². The Morgan fingerprint density at radius 3 is 2.52 bits per heavy atom. The van der Waals surface area contributed by atoms with E-state index in [4.69, 9.17) is 0 Å². The van der Waals surface area contributed by atoms with Crippen molar-refractivity contribution >= 4 is 23.1 Å². The molecule has 2 aromatic heterocycles. The largest absolute Gasteiger partial charge is 0.351 e. The average molecular weight is 393 g/mol. The molecule has 0 atom stereocenters. The van der Waals surface area contributed by atoms with Gasteiger partial charge in [-0.25, -0.2) is 4.98 Å². The molecule has 0 unspecified atom stereocenters. The summed E-state index contributed by atoms with van der Waals surface area (Å²) in [4.78, 5) is 29.2. The van der Waals surface area contributed by atoms with Gasteiger partial charge in [0.2, 0.25) is 5.91 Å². The zero-order valence-electron chi connectivity index (χ0n) is 17.5. The minimum atomic E-state index is -0.176. The van der Waals surface area contributed by atoms with Crippen LogP contribution in [0.25, 0.3) is 5.65 Å². The zero-order chi connectivity index (χ0) is 21.0. The molecule has 0 radical (unpaired) electrons. The predicted molar refractivity (Wildman–Crippen MR) is 115 cm³/mol. The molecule has 0 aliphatic carbocycles. The number of carbonyl (C=O) groups is 2. The van der Waals surface area contributed by atoms with Crippen LogP contribution in [0.2, 0.25) is 0 Å². The van der Waals surface area contributed by atoms with E-state index in [9.17, 15) is 9.59 Å². The number of aromatic nitrogens is 2. The molecular formula is C23H28N4O2. The second kappa shape index (κ2) is 8.90. The Kier molecular flexibility index (Phi) is 6.32. The lowest BCUT2D eigenvalue weighted by Crippen LogP contribution is -2.27. The maximum Gasteiger partial charge on any atom is 0.270 e. The Labute approximate surface area is 171 Å². The van der Waals surface area contributed by atoms with Gasteiger partial charge >= 0.3 is 0 Å². The van der Waals surface area contributed by atoms with Crippen molar-refractivity contribution in [1.82, 2.24) is 14.7 Å². The number of rotatable bonds is 7. The Balaban J connectivity index is 1.49. The van der Waals surface area contributed by atoms with Gasteiger partial charge in [0.15, 0.2) is 0 Å². The summed E-state index contributed by atoms with van der Waals surface area (Å²) in [5.41, 5.74) is 5.08. The second-order valence-corrected chi connectivity index (χ2v) is 7.61. The predicted octanol–water partition coefficient (Wildman–Crippen LogP) is 4.22. The Morgan fingerprint density at radius 1 is 1.10 bits per heavy atom. The van der Waals surface area contributed by atoms with E-state index < -0.39 is 0 Å². The summed E-state index contributed by atoms with van der Waals surface area (Å²) in [6, 6.07) is 11.8. The number of fused-ring (bicyclic) bond motifs is 1. The Bertz CT molecular complexity index is 1020. The van der Waals surface area contributed by atoms with Crippen LogP contribution in [0.3, 0.4) is 0 Å². The first-order valence-electron chi connectivity index (χ1n) is 9.99. The van der Waals surface area contributed by atoms with E-state index in [-0.39, 0.29) is 11.8 Å². The van der Waals surface area contributed by atoms with Gasteiger partial charge < -0.3 is 10.6 Å². The van der Waals surface area contributed by atoms with Crippen molar-refractivity contribution in [2.45, 2.75) is 46.5 Å². The molecular weight excluding hydrogens is 364 g/mol. The van der Waals surface area contributed by atoms with Crippen LogP contribution in [0, 0.1) is 13.8 Å². The first-order chi connectivity index (χ1) is 13.9. The molecule has 1 aromatic carbocycles. The lowest BCUT2D eigenvalue weighted by molar-refractivity contribution is -0.116. The minimum Gasteiger partial charge on any atom is -0.351 e. The number of nitrogens with zero attached hydrogens (tertiary/aromatic N) is 2. The second-order valence-electron chi connectivity index (χ2n) is 7.61. The van der Waals surface area contributed by atoms with E-state index in [0.29, 0.717) is 36.7 Å². The molecule has 0 saturated carbocycles. The molecule has 2 N–H and O–H groups in total. The molecule has 6 nitrogen and oxygen atoms in total. The topological polar surface area (TPSA) is 75.5 Å². The van der Waals surface area contributed by atoms with Gasteiger partial charge in [-0.3, -0.25) is 14.0 Å². The van der Waals surface area contributed by atoms with Crippen molar-refractivity contribution in [1.29, 1.82) is 0 Å². The van der Waals surface area contributed by atoms with Crippen LogP contribution >= 0.6 is 0 Å². The van der Waals surface area contributed by atoms with Gasteiger partial charge in [-0.2, -0.15) is 0 Å². The maximum absolute atomic E-state index is 12.6. The third-order valence-electron chi connectivity index (χ3n) is 4.96. The normalized spacial score (nSPS) is 11.1. The molecule has 3 aromatic rings. The fraction of sp³-hybridized carbons (Fsp3) is 0.348. The number of nitrogens with one attached hydrogen (secondary N) is 2. The fourth-order valence-electron chi connectivity index (χ4n) is 3.30. The summed E-state index contributed by atoms with van der Waals surface area (Å²) in [5, 5.41) is 5.79. The highest BCUT2D eigenvalue weighted by atomic mass is 16.2. The molecule has 29 heavy (non-hydrogen) atoms. The highest BCUT2D eigenvalue weighted by molar-refractivity contribution is 5.95. The molecule has 0 aliphatic rings. The number of aryl methyl sites for hydroxylation is 2. The number of pyridine rings is 1. The zero-order valence-corrected chi connectivity index (χ0v) is 17.5. The summed E-state index contributed by atoms with van der Waals surface area (Å²) in [6.07, 6.45) is 2.75. The molecule has 0 aliphatic heterocycles. The highest BCUT2D eigenvalue weighted by Gasteiger charge is 2.17. The third kappa shape index (κ3) is 4.83. The van der Waals surface area contributed by atoms with E-state index in [2.05, 4.69) is 29.5 Å². The maximum atomic E-state index is 12.6. The van der Waals surface area contributed by atoms with Gasteiger partial charge in [0.05, 0.1) is 5.69 Å². The fourth-order valence-corrected chi connectivity index (χ4v) is 3.30. The van der Waals surface area contributed by atoms with Gasteiger partial charge in [0.1, 0.15) is 11.3 Å². The molecule has 0 fully saturated rings. The van der Waals surface area contributed by atoms with Crippen molar-refractivity contribution in [3.63, 3.8) is 0 Å². The average Bonchev–Trinajstić information content (AvgIpc) is 3.03. The van der Waals surface area contributed by atoms with Crippen LogP contribution < -0.4 is 10.6 Å². The number of hydrogen-bond donors (Lipinski definition) is 2. The number of imidazole rings is 1. The number of carbonyl (C=O) groups excluding carboxylic acids is 2. The van der Waals surface area contributed by atoms with E-state index in [1.807, 2.05) is 60.8 Å². The molecule has 0 saturated heterocycles. The molecule has 0 bridgehead atoms. The van der Waals surface area contributed by atoms with E-state index in [1.165, 1.54) is 5.56 Å². The first-order valence-corrected chi connectivity index (χ1v) is 9.99. The van der Waals surface area contributed by atoms with Gasteiger partial charge in [0.25, 0.3) is 5.91 Å². The van der Waals surface area contributed by atoms with Crippen LogP contribution in [0.1, 0.15) is 59.9 Å². The van der Waals surface area contributed by atoms with Crippen LogP contribution in [0.4, 0.5) is 5.69 Å². The van der Waals surface area contributed by atoms with E-state index in [0.717, 1.165) is 16.9 Å². The summed E-state index contributed by atoms with van der Waals surface area (Å²) in [5.74, 6) is 0.229. The first kappa shape index (κ1) is 20.6. The Morgan fingerprint density at radius 2 is 1.83 bits per heavy atom. The number of benzene rings is 1. The summed E-state index contributed by atoms with van der Waals surface area (Å²) in [6.45, 7) is 8.50. The lowest BCUT2D eigenvalue weighted by Gasteiger charge is -2.09. The van der Waals surface area contributed by atoms with E-state index in [1.54, 1.807) is 0 Å². The van der Waals surface area contributed by atoms with Gasteiger partial charge in [-0.05, 0) is 55.5 Å². The highest BCUT2D eigenvalue weighted by Crippen LogP contribution is 2.17. The molecule has 6 heteroatoms. The molecule has 2 amide bonds. The third-order valence-corrected chi connectivity index (χ3v) is 4.96. The van der Waals surface area contributed by atoms with Crippen molar-refractivity contribution < 1.29 is 9.59 Å². The van der Waals surface area contributed by atoms with Crippen LogP contribution in [-0.2, 0) is 4.79 Å². The van der Waals surface area contributed by atoms with Crippen LogP contribution in [0.5, 0.6) is 0 Å². The molecule has 0 spiro atoms. The smallest absolute Gasteiger partial charge is 0.270 e.